The van der Waals surface area contributed by atoms with Crippen LogP contribution in [0.25, 0.3) is 0 Å². The molecule has 2 fully saturated rings. The summed E-state index contributed by atoms with van der Waals surface area (Å²) in [6.45, 7) is 4.01. The average Bonchev–Trinajstić information content (AvgIpc) is 2.89. The van der Waals surface area contributed by atoms with E-state index >= 15 is 0 Å². The van der Waals surface area contributed by atoms with Gasteiger partial charge in [0.1, 0.15) is 0 Å². The lowest BCUT2D eigenvalue weighted by molar-refractivity contribution is -0.143. The Bertz CT molecular complexity index is 545. The monoisotopic (exact) mass is 272 g/mol. The van der Waals surface area contributed by atoms with E-state index in [1.54, 1.807) is 6.07 Å². The minimum absolute atomic E-state index is 0.000672. The number of nitrogen functional groups attached to an aromatic ring is 1. The number of nitrogens with two attached hydrogens (primary N) is 1. The molecule has 3 atom stereocenters. The number of hydrogen-bond donors (Lipinski definition) is 1. The molecule has 1 heterocycles. The zero-order valence-corrected chi connectivity index (χ0v) is 11.9. The van der Waals surface area contributed by atoms with Gasteiger partial charge in [-0.05, 0) is 43.4 Å². The van der Waals surface area contributed by atoms with Crippen LogP contribution < -0.4 is 5.73 Å². The Morgan fingerprint density at radius 3 is 2.35 bits per heavy atom. The van der Waals surface area contributed by atoms with Gasteiger partial charge in [-0.2, -0.15) is 0 Å². The minimum Gasteiger partial charge on any atom is -0.399 e. The topological polar surface area (TPSA) is 63.4 Å². The maximum atomic E-state index is 12.5. The molecule has 1 aromatic rings. The highest BCUT2D eigenvalue weighted by Gasteiger charge is 2.52. The standard InChI is InChI=1S/C16H20N2O2/c1-9-6-13-14(7-9)16(20)18(15(13)19)10(2)11-4-3-5-12(17)8-11/h3-5,8-10,13-14H,6-7,17H2,1-2H3. The number of imide groups is 1. The van der Waals surface area contributed by atoms with Crippen LogP contribution in [-0.4, -0.2) is 16.7 Å². The maximum Gasteiger partial charge on any atom is 0.233 e. The maximum absolute atomic E-state index is 12.5. The number of carbonyl (C=O) groups excluding carboxylic acids is 2. The van der Waals surface area contributed by atoms with E-state index in [0.29, 0.717) is 11.6 Å². The highest BCUT2D eigenvalue weighted by Crippen LogP contribution is 2.45. The lowest BCUT2D eigenvalue weighted by Gasteiger charge is -2.25. The molecule has 1 saturated carbocycles. The Morgan fingerprint density at radius 1 is 1.20 bits per heavy atom. The molecule has 1 aliphatic carbocycles. The van der Waals surface area contributed by atoms with E-state index in [9.17, 15) is 9.59 Å². The fourth-order valence-electron chi connectivity index (χ4n) is 3.65. The number of anilines is 1. The van der Waals surface area contributed by atoms with Gasteiger partial charge >= 0.3 is 0 Å². The number of rotatable bonds is 2. The highest BCUT2D eigenvalue weighted by molar-refractivity contribution is 6.05. The number of nitrogens with zero attached hydrogens (tertiary/aromatic N) is 1. The van der Waals surface area contributed by atoms with Crippen molar-refractivity contribution in [1.82, 2.24) is 4.90 Å². The molecular weight excluding hydrogens is 252 g/mol. The van der Waals surface area contributed by atoms with Crippen molar-refractivity contribution in [3.8, 4) is 0 Å². The third-order valence-electron chi connectivity index (χ3n) is 4.69. The van der Waals surface area contributed by atoms with Gasteiger partial charge in [-0.15, -0.1) is 0 Å². The first kappa shape index (κ1) is 13.2. The van der Waals surface area contributed by atoms with E-state index in [4.69, 9.17) is 5.73 Å². The first-order valence-electron chi connectivity index (χ1n) is 7.21. The summed E-state index contributed by atoms with van der Waals surface area (Å²) in [5.41, 5.74) is 7.36. The molecule has 1 aliphatic heterocycles. The number of amides is 2. The van der Waals surface area contributed by atoms with Crippen LogP contribution >= 0.6 is 0 Å². The molecule has 1 saturated heterocycles. The Balaban J connectivity index is 1.88. The zero-order chi connectivity index (χ0) is 14.4. The second-order valence-corrected chi connectivity index (χ2v) is 6.18. The smallest absolute Gasteiger partial charge is 0.233 e. The van der Waals surface area contributed by atoms with E-state index < -0.39 is 0 Å². The molecule has 2 aliphatic rings. The van der Waals surface area contributed by atoms with E-state index in [1.165, 1.54) is 4.90 Å². The van der Waals surface area contributed by atoms with Crippen LogP contribution in [0.1, 0.15) is 38.3 Å². The number of likely N-dealkylation sites (tertiary alicyclic amines) is 1. The number of benzene rings is 1. The molecule has 4 heteroatoms. The van der Waals surface area contributed by atoms with Gasteiger partial charge < -0.3 is 5.73 Å². The van der Waals surface area contributed by atoms with E-state index in [-0.39, 0.29) is 29.7 Å². The van der Waals surface area contributed by atoms with Gasteiger partial charge in [0.2, 0.25) is 11.8 Å². The quantitative estimate of drug-likeness (QED) is 0.664. The molecule has 4 nitrogen and oxygen atoms in total. The van der Waals surface area contributed by atoms with Crippen LogP contribution in [0.15, 0.2) is 24.3 Å². The van der Waals surface area contributed by atoms with Gasteiger partial charge in [-0.25, -0.2) is 0 Å². The van der Waals surface area contributed by atoms with Crippen molar-refractivity contribution >= 4 is 17.5 Å². The van der Waals surface area contributed by atoms with Crippen LogP contribution in [0.4, 0.5) is 5.69 Å². The van der Waals surface area contributed by atoms with Gasteiger partial charge in [-0.1, -0.05) is 19.1 Å². The molecule has 106 valence electrons. The first-order valence-corrected chi connectivity index (χ1v) is 7.21. The average molecular weight is 272 g/mol. The Hall–Kier alpha value is -1.84. The number of carbonyl (C=O) groups is 2. The van der Waals surface area contributed by atoms with E-state index in [2.05, 4.69) is 6.92 Å². The third kappa shape index (κ3) is 1.90. The van der Waals surface area contributed by atoms with Crippen molar-refractivity contribution in [1.29, 1.82) is 0 Å². The molecular formula is C16H20N2O2. The summed E-state index contributed by atoms with van der Waals surface area (Å²) in [5.74, 6) is 0.281. The van der Waals surface area contributed by atoms with Crippen LogP contribution in [0.2, 0.25) is 0 Å². The fourth-order valence-corrected chi connectivity index (χ4v) is 3.65. The summed E-state index contributed by atoms with van der Waals surface area (Å²) in [7, 11) is 0. The van der Waals surface area contributed by atoms with Crippen LogP contribution in [0.5, 0.6) is 0 Å². The fraction of sp³-hybridized carbons (Fsp3) is 0.500. The lowest BCUT2D eigenvalue weighted by Crippen LogP contribution is -2.34. The van der Waals surface area contributed by atoms with Crippen molar-refractivity contribution in [2.45, 2.75) is 32.7 Å². The predicted octanol–water partition coefficient (Wildman–Crippen LogP) is 2.36. The molecule has 20 heavy (non-hydrogen) atoms. The lowest BCUT2D eigenvalue weighted by atomic mass is 10.00. The molecule has 2 amide bonds. The Morgan fingerprint density at radius 2 is 1.80 bits per heavy atom. The summed E-state index contributed by atoms with van der Waals surface area (Å²) in [6.07, 6.45) is 1.69. The molecule has 0 bridgehead atoms. The van der Waals surface area contributed by atoms with Crippen molar-refractivity contribution in [3.63, 3.8) is 0 Å². The van der Waals surface area contributed by atoms with Crippen molar-refractivity contribution in [2.75, 3.05) is 5.73 Å². The Kier molecular flexibility index (Phi) is 3.04. The molecule has 0 aromatic heterocycles. The largest absolute Gasteiger partial charge is 0.399 e. The third-order valence-corrected chi connectivity index (χ3v) is 4.69. The predicted molar refractivity (Wildman–Crippen MR) is 76.5 cm³/mol. The summed E-state index contributed by atoms with van der Waals surface area (Å²) in [5, 5.41) is 0. The summed E-state index contributed by atoms with van der Waals surface area (Å²) < 4.78 is 0. The van der Waals surface area contributed by atoms with Crippen LogP contribution in [0, 0.1) is 17.8 Å². The minimum atomic E-state index is -0.237. The number of fused-ring (bicyclic) bond motifs is 1. The van der Waals surface area contributed by atoms with Gasteiger partial charge in [0, 0.05) is 5.69 Å². The normalized spacial score (nSPS) is 30.7. The highest BCUT2D eigenvalue weighted by atomic mass is 16.2. The summed E-state index contributed by atoms with van der Waals surface area (Å²) >= 11 is 0. The second-order valence-electron chi connectivity index (χ2n) is 6.18. The summed E-state index contributed by atoms with van der Waals surface area (Å²) in [6, 6.07) is 7.18. The zero-order valence-electron chi connectivity index (χ0n) is 11.9. The van der Waals surface area contributed by atoms with Gasteiger partial charge in [0.25, 0.3) is 0 Å². The van der Waals surface area contributed by atoms with Crippen molar-refractivity contribution in [2.24, 2.45) is 17.8 Å². The van der Waals surface area contributed by atoms with Crippen LogP contribution in [-0.2, 0) is 9.59 Å². The molecule has 0 radical (unpaired) electrons. The van der Waals surface area contributed by atoms with E-state index in [0.717, 1.165) is 18.4 Å². The molecule has 2 N–H and O–H groups in total. The van der Waals surface area contributed by atoms with Gasteiger partial charge in [-0.3, -0.25) is 14.5 Å². The molecule has 3 rings (SSSR count). The van der Waals surface area contributed by atoms with Crippen molar-refractivity contribution in [3.05, 3.63) is 29.8 Å². The Labute approximate surface area is 118 Å². The SMILES string of the molecule is CC1CC2C(=O)N(C(C)c3cccc(N)c3)C(=O)C2C1. The molecule has 0 spiro atoms. The van der Waals surface area contributed by atoms with Gasteiger partial charge in [0.05, 0.1) is 17.9 Å². The van der Waals surface area contributed by atoms with E-state index in [1.807, 2.05) is 25.1 Å². The van der Waals surface area contributed by atoms with Gasteiger partial charge in [0.15, 0.2) is 0 Å². The number of hydrogen-bond acceptors (Lipinski definition) is 3. The first-order chi connectivity index (χ1) is 9.49. The van der Waals surface area contributed by atoms with Crippen molar-refractivity contribution < 1.29 is 9.59 Å². The van der Waals surface area contributed by atoms with Crippen LogP contribution in [0.3, 0.4) is 0 Å². The molecule has 3 unspecified atom stereocenters. The second kappa shape index (κ2) is 4.62. The summed E-state index contributed by atoms with van der Waals surface area (Å²) in [4.78, 5) is 26.5. The molecule has 1 aromatic carbocycles.